The largest absolute Gasteiger partial charge is 0.454 e. The molecule has 0 radical (unpaired) electrons. The normalized spacial score (nSPS) is 12.4. The summed E-state index contributed by atoms with van der Waals surface area (Å²) in [5, 5.41) is 8.36. The number of amides is 1. The molecule has 0 saturated heterocycles. The zero-order chi connectivity index (χ0) is 18.8. The fourth-order valence-electron chi connectivity index (χ4n) is 2.41. The van der Waals surface area contributed by atoms with Crippen LogP contribution in [0.5, 0.6) is 11.5 Å². The standard InChI is InChI=1S/C17H14ClN3O4S2/c1-21(7-11-3-5-14(18)27-11)15(22)8-26-17-20-19-16(25-17)10-2-4-12-13(6-10)24-9-23-12/h2-6H,7-9H2,1H3. The number of hydrogen-bond donors (Lipinski definition) is 0. The van der Waals surface area contributed by atoms with Crippen molar-refractivity contribution in [2.75, 3.05) is 19.6 Å². The summed E-state index contributed by atoms with van der Waals surface area (Å²) in [7, 11) is 1.75. The van der Waals surface area contributed by atoms with Crippen molar-refractivity contribution in [1.82, 2.24) is 15.1 Å². The molecule has 1 aliphatic heterocycles. The van der Waals surface area contributed by atoms with E-state index in [-0.39, 0.29) is 18.5 Å². The van der Waals surface area contributed by atoms with Crippen LogP contribution in [-0.2, 0) is 11.3 Å². The molecule has 0 saturated carbocycles. The van der Waals surface area contributed by atoms with Gasteiger partial charge >= 0.3 is 0 Å². The first-order chi connectivity index (χ1) is 13.1. The number of benzene rings is 1. The quantitative estimate of drug-likeness (QED) is 0.556. The lowest BCUT2D eigenvalue weighted by Gasteiger charge is -2.15. The van der Waals surface area contributed by atoms with Crippen LogP contribution in [0, 0.1) is 0 Å². The second kappa shape index (κ2) is 7.79. The minimum atomic E-state index is -0.0349. The average Bonchev–Trinajstić information content (AvgIpc) is 3.39. The van der Waals surface area contributed by atoms with Crippen molar-refractivity contribution in [3.8, 4) is 23.0 Å². The number of carbonyl (C=O) groups excluding carboxylic acids is 1. The molecular formula is C17H14ClN3O4S2. The van der Waals surface area contributed by atoms with Gasteiger partial charge in [0.15, 0.2) is 11.5 Å². The number of thioether (sulfide) groups is 1. The molecule has 1 amide bonds. The Morgan fingerprint density at radius 3 is 2.93 bits per heavy atom. The molecule has 1 aromatic carbocycles. The van der Waals surface area contributed by atoms with E-state index in [9.17, 15) is 4.79 Å². The summed E-state index contributed by atoms with van der Waals surface area (Å²) in [4.78, 5) is 15.0. The third-order valence-corrected chi connectivity index (χ3v) is 5.81. The van der Waals surface area contributed by atoms with Gasteiger partial charge < -0.3 is 18.8 Å². The van der Waals surface area contributed by atoms with Gasteiger partial charge in [0.1, 0.15) is 0 Å². The summed E-state index contributed by atoms with van der Waals surface area (Å²) in [5.41, 5.74) is 0.733. The highest BCUT2D eigenvalue weighted by molar-refractivity contribution is 7.99. The Balaban J connectivity index is 1.34. The first kappa shape index (κ1) is 18.1. The van der Waals surface area contributed by atoms with Gasteiger partial charge in [0.25, 0.3) is 5.22 Å². The molecule has 7 nitrogen and oxygen atoms in total. The summed E-state index contributed by atoms with van der Waals surface area (Å²) in [5.74, 6) is 1.87. The molecule has 0 spiro atoms. The van der Waals surface area contributed by atoms with Crippen LogP contribution >= 0.6 is 34.7 Å². The van der Waals surface area contributed by atoms with Crippen molar-refractivity contribution >= 4 is 40.6 Å². The lowest BCUT2D eigenvalue weighted by molar-refractivity contribution is -0.127. The zero-order valence-electron chi connectivity index (χ0n) is 14.2. The summed E-state index contributed by atoms with van der Waals surface area (Å²) in [6.45, 7) is 0.722. The average molecular weight is 424 g/mol. The lowest BCUT2D eigenvalue weighted by Crippen LogP contribution is -2.27. The second-order valence-corrected chi connectivity index (χ2v) is 8.41. The number of hydrogen-bond acceptors (Lipinski definition) is 8. The topological polar surface area (TPSA) is 77.7 Å². The number of thiophene rings is 1. The zero-order valence-corrected chi connectivity index (χ0v) is 16.6. The van der Waals surface area contributed by atoms with E-state index in [1.807, 2.05) is 18.2 Å². The predicted octanol–water partition coefficient (Wildman–Crippen LogP) is 3.93. The van der Waals surface area contributed by atoms with E-state index in [0.717, 1.165) is 10.4 Å². The van der Waals surface area contributed by atoms with E-state index in [1.54, 1.807) is 24.1 Å². The molecule has 3 aromatic rings. The summed E-state index contributed by atoms with van der Waals surface area (Å²) < 4.78 is 17.0. The van der Waals surface area contributed by atoms with Crippen LogP contribution in [0.4, 0.5) is 0 Å². The maximum absolute atomic E-state index is 12.3. The fraction of sp³-hybridized carbons (Fsp3) is 0.235. The minimum absolute atomic E-state index is 0.0349. The fourth-order valence-corrected chi connectivity index (χ4v) is 4.25. The smallest absolute Gasteiger partial charge is 0.277 e. The summed E-state index contributed by atoms with van der Waals surface area (Å²) >= 11 is 8.58. The Hall–Kier alpha value is -2.23. The summed E-state index contributed by atoms with van der Waals surface area (Å²) in [6, 6.07) is 9.14. The predicted molar refractivity (Wildman–Crippen MR) is 102 cm³/mol. The van der Waals surface area contributed by atoms with Crippen molar-refractivity contribution in [2.45, 2.75) is 11.8 Å². The first-order valence-corrected chi connectivity index (χ1v) is 10.1. The molecule has 10 heteroatoms. The Bertz CT molecular complexity index is 975. The number of aromatic nitrogens is 2. The number of rotatable bonds is 6. The van der Waals surface area contributed by atoms with Crippen LogP contribution in [0.3, 0.4) is 0 Å². The van der Waals surface area contributed by atoms with Crippen LogP contribution in [0.15, 0.2) is 40.0 Å². The lowest BCUT2D eigenvalue weighted by atomic mass is 10.2. The first-order valence-electron chi connectivity index (χ1n) is 7.93. The van der Waals surface area contributed by atoms with Gasteiger partial charge in [-0.2, -0.15) is 0 Å². The van der Waals surface area contributed by atoms with E-state index >= 15 is 0 Å². The minimum Gasteiger partial charge on any atom is -0.454 e. The van der Waals surface area contributed by atoms with Crippen LogP contribution in [0.25, 0.3) is 11.5 Å². The Kier molecular flexibility index (Phi) is 5.24. The van der Waals surface area contributed by atoms with Gasteiger partial charge in [0.05, 0.1) is 16.6 Å². The molecule has 0 atom stereocenters. The molecule has 0 bridgehead atoms. The van der Waals surface area contributed by atoms with E-state index < -0.39 is 0 Å². The maximum atomic E-state index is 12.3. The highest BCUT2D eigenvalue weighted by atomic mass is 35.5. The van der Waals surface area contributed by atoms with Crippen molar-refractivity contribution in [2.24, 2.45) is 0 Å². The second-order valence-electron chi connectivity index (χ2n) is 5.69. The molecule has 0 aliphatic carbocycles. The van der Waals surface area contributed by atoms with Crippen LogP contribution in [0.2, 0.25) is 4.34 Å². The van der Waals surface area contributed by atoms with Crippen LogP contribution < -0.4 is 9.47 Å². The molecule has 0 unspecified atom stereocenters. The van der Waals surface area contributed by atoms with Gasteiger partial charge in [-0.3, -0.25) is 4.79 Å². The number of nitrogens with zero attached hydrogens (tertiary/aromatic N) is 3. The van der Waals surface area contributed by atoms with Gasteiger partial charge in [-0.15, -0.1) is 21.5 Å². The number of carbonyl (C=O) groups is 1. The molecule has 0 fully saturated rings. The molecule has 140 valence electrons. The van der Waals surface area contributed by atoms with Gasteiger partial charge in [0.2, 0.25) is 18.6 Å². The molecule has 27 heavy (non-hydrogen) atoms. The number of fused-ring (bicyclic) bond motifs is 1. The summed E-state index contributed by atoms with van der Waals surface area (Å²) in [6.07, 6.45) is 0. The van der Waals surface area contributed by atoms with Crippen LogP contribution in [-0.4, -0.2) is 40.6 Å². The molecule has 4 rings (SSSR count). The Labute approximate surface area is 168 Å². The Morgan fingerprint density at radius 1 is 1.26 bits per heavy atom. The third-order valence-electron chi connectivity index (χ3n) is 3.79. The van der Waals surface area contributed by atoms with E-state index in [4.69, 9.17) is 25.5 Å². The molecule has 3 heterocycles. The van der Waals surface area contributed by atoms with Gasteiger partial charge in [-0.1, -0.05) is 23.4 Å². The monoisotopic (exact) mass is 423 g/mol. The van der Waals surface area contributed by atoms with Crippen molar-refractivity contribution in [3.05, 3.63) is 39.5 Å². The highest BCUT2D eigenvalue weighted by Gasteiger charge is 2.18. The molecule has 2 aromatic heterocycles. The van der Waals surface area contributed by atoms with Crippen molar-refractivity contribution < 1.29 is 18.7 Å². The van der Waals surface area contributed by atoms with E-state index in [2.05, 4.69) is 10.2 Å². The molecule has 0 N–H and O–H groups in total. The van der Waals surface area contributed by atoms with Gasteiger partial charge in [0, 0.05) is 17.5 Å². The SMILES string of the molecule is CN(Cc1ccc(Cl)s1)C(=O)CSc1nnc(-c2ccc3c(c2)OCO3)o1. The Morgan fingerprint density at radius 2 is 2.11 bits per heavy atom. The van der Waals surface area contributed by atoms with Gasteiger partial charge in [-0.25, -0.2) is 0 Å². The van der Waals surface area contributed by atoms with Crippen molar-refractivity contribution in [3.63, 3.8) is 0 Å². The van der Waals surface area contributed by atoms with Gasteiger partial charge in [-0.05, 0) is 30.3 Å². The van der Waals surface area contributed by atoms with E-state index in [1.165, 1.54) is 23.1 Å². The third kappa shape index (κ3) is 4.20. The maximum Gasteiger partial charge on any atom is 0.277 e. The number of ether oxygens (including phenoxy) is 2. The highest BCUT2D eigenvalue weighted by Crippen LogP contribution is 2.36. The van der Waals surface area contributed by atoms with Crippen molar-refractivity contribution in [1.29, 1.82) is 0 Å². The molecule has 1 aliphatic rings. The van der Waals surface area contributed by atoms with Crippen LogP contribution in [0.1, 0.15) is 4.88 Å². The van der Waals surface area contributed by atoms with E-state index in [0.29, 0.717) is 33.5 Å². The number of halogens is 1. The molecular weight excluding hydrogens is 410 g/mol.